The maximum Gasteiger partial charge on any atom is 0.513 e. The van der Waals surface area contributed by atoms with Gasteiger partial charge in [0.05, 0.1) is 12.0 Å². The molecule has 0 bridgehead atoms. The van der Waals surface area contributed by atoms with E-state index in [0.29, 0.717) is 22.8 Å². The molecule has 2 aromatic heterocycles. The zero-order valence-electron chi connectivity index (χ0n) is 20.8. The molecule has 0 unspecified atom stereocenters. The van der Waals surface area contributed by atoms with Gasteiger partial charge in [-0.3, -0.25) is 0 Å². The molecule has 4 atom stereocenters. The van der Waals surface area contributed by atoms with E-state index in [1.165, 1.54) is 6.33 Å². The number of aromatic nitrogens is 3. The molecule has 5 rings (SSSR count). The van der Waals surface area contributed by atoms with Crippen LogP contribution in [0.15, 0.2) is 53.8 Å². The molecule has 2 saturated heterocycles. The highest BCUT2D eigenvalue weighted by Crippen LogP contribution is 2.49. The average Bonchev–Trinajstić information content (AvgIpc) is 3.52. The summed E-state index contributed by atoms with van der Waals surface area (Å²) >= 11 is 0. The summed E-state index contributed by atoms with van der Waals surface area (Å²) in [4.78, 5) is 22.7. The Morgan fingerprint density at radius 2 is 2.00 bits per heavy atom. The van der Waals surface area contributed by atoms with E-state index in [1.54, 1.807) is 72.1 Å². The molecule has 0 amide bonds. The first-order valence-corrected chi connectivity index (χ1v) is 11.6. The molecule has 0 spiro atoms. The Kier molecular flexibility index (Phi) is 6.28. The molecule has 0 aliphatic carbocycles. The van der Waals surface area contributed by atoms with Gasteiger partial charge in [0.25, 0.3) is 0 Å². The van der Waals surface area contributed by atoms with E-state index in [9.17, 15) is 10.1 Å². The Morgan fingerprint density at radius 1 is 1.22 bits per heavy atom. The molecule has 3 aromatic rings. The minimum Gasteiger partial charge on any atom is -0.431 e. The second-order valence-electron chi connectivity index (χ2n) is 9.31. The van der Waals surface area contributed by atoms with Crippen molar-refractivity contribution in [2.45, 2.75) is 43.5 Å². The van der Waals surface area contributed by atoms with E-state index in [4.69, 9.17) is 23.7 Å². The molecule has 0 radical (unpaired) electrons. The summed E-state index contributed by atoms with van der Waals surface area (Å²) in [6.07, 6.45) is -0.260. The number of para-hydroxylation sites is 1. The first-order valence-electron chi connectivity index (χ1n) is 11.6. The van der Waals surface area contributed by atoms with Crippen LogP contribution in [0.2, 0.25) is 0 Å². The van der Waals surface area contributed by atoms with Crippen LogP contribution >= 0.6 is 0 Å². The summed E-state index contributed by atoms with van der Waals surface area (Å²) in [6, 6.07) is 14.3. The van der Waals surface area contributed by atoms with Crippen molar-refractivity contribution in [1.29, 1.82) is 5.26 Å². The number of hydrogen-bond donors (Lipinski definition) is 0. The van der Waals surface area contributed by atoms with Crippen molar-refractivity contribution in [1.82, 2.24) is 19.5 Å². The number of benzene rings is 1. The molecule has 0 N–H and O–H groups in total. The normalized spacial score (nSPS) is 26.2. The lowest BCUT2D eigenvalue weighted by atomic mass is 9.92. The first kappa shape index (κ1) is 24.6. The number of aliphatic imine (C=N–C) groups is 1. The van der Waals surface area contributed by atoms with E-state index in [0.717, 1.165) is 0 Å². The number of fused-ring (bicyclic) bond motifs is 2. The molecule has 192 valence electrons. The van der Waals surface area contributed by atoms with Crippen LogP contribution in [0.5, 0.6) is 5.75 Å². The fourth-order valence-corrected chi connectivity index (χ4v) is 4.47. The van der Waals surface area contributed by atoms with Crippen molar-refractivity contribution in [3.63, 3.8) is 0 Å². The summed E-state index contributed by atoms with van der Waals surface area (Å²) in [5.74, 6) is -0.226. The van der Waals surface area contributed by atoms with Crippen molar-refractivity contribution in [2.75, 3.05) is 20.7 Å². The third kappa shape index (κ3) is 4.60. The molecule has 12 nitrogen and oxygen atoms in total. The van der Waals surface area contributed by atoms with Gasteiger partial charge in [0.2, 0.25) is 5.60 Å². The maximum absolute atomic E-state index is 12.3. The summed E-state index contributed by atoms with van der Waals surface area (Å²) < 4.78 is 30.6. The SMILES string of the molecule is CN(C)C=Nc1ncnn2c([C@]3(C#N)O[C@H](COC(=O)Oc4ccccc4)[C@H]4OC(C)(C)O[C@H]43)ccc12. The zero-order chi connectivity index (χ0) is 26.2. The van der Waals surface area contributed by atoms with E-state index >= 15 is 0 Å². The summed E-state index contributed by atoms with van der Waals surface area (Å²) in [7, 11) is 3.69. The van der Waals surface area contributed by atoms with Crippen LogP contribution in [0.25, 0.3) is 5.52 Å². The average molecular weight is 507 g/mol. The molecular formula is C25H26N6O6. The topological polar surface area (TPSA) is 133 Å². The Hall–Kier alpha value is -4.05. The molecule has 2 fully saturated rings. The van der Waals surface area contributed by atoms with Crippen molar-refractivity contribution in [2.24, 2.45) is 4.99 Å². The van der Waals surface area contributed by atoms with Gasteiger partial charge in [-0.05, 0) is 38.1 Å². The number of hydrogen-bond acceptors (Lipinski definition) is 10. The van der Waals surface area contributed by atoms with Gasteiger partial charge in [-0.25, -0.2) is 19.3 Å². The number of rotatable bonds is 6. The van der Waals surface area contributed by atoms with E-state index < -0.39 is 35.9 Å². The second kappa shape index (κ2) is 9.44. The molecule has 12 heteroatoms. The predicted molar refractivity (Wildman–Crippen MR) is 129 cm³/mol. The third-order valence-electron chi connectivity index (χ3n) is 5.93. The van der Waals surface area contributed by atoms with Crippen LogP contribution in [0.4, 0.5) is 10.6 Å². The van der Waals surface area contributed by atoms with Crippen LogP contribution in [0.3, 0.4) is 0 Å². The predicted octanol–water partition coefficient (Wildman–Crippen LogP) is 2.80. The van der Waals surface area contributed by atoms with Crippen LogP contribution in [-0.2, 0) is 24.5 Å². The van der Waals surface area contributed by atoms with Gasteiger partial charge >= 0.3 is 6.16 Å². The Bertz CT molecular complexity index is 1370. The summed E-state index contributed by atoms with van der Waals surface area (Å²) in [6.45, 7) is 3.29. The van der Waals surface area contributed by atoms with Crippen molar-refractivity contribution >= 4 is 23.8 Å². The monoisotopic (exact) mass is 506 g/mol. The van der Waals surface area contributed by atoms with Gasteiger partial charge in [0, 0.05) is 14.1 Å². The highest BCUT2D eigenvalue weighted by Gasteiger charge is 2.65. The quantitative estimate of drug-likeness (QED) is 0.213. The second-order valence-corrected chi connectivity index (χ2v) is 9.31. The van der Waals surface area contributed by atoms with Crippen molar-refractivity contribution in [3.05, 3.63) is 54.5 Å². The molecule has 0 saturated carbocycles. The summed E-state index contributed by atoms with van der Waals surface area (Å²) in [5.41, 5.74) is -0.618. The van der Waals surface area contributed by atoms with Crippen LogP contribution in [0.1, 0.15) is 19.5 Å². The first-order chi connectivity index (χ1) is 17.7. The van der Waals surface area contributed by atoms with Crippen LogP contribution in [-0.4, -0.2) is 76.8 Å². The van der Waals surface area contributed by atoms with Gasteiger partial charge in [0.1, 0.15) is 48.6 Å². The zero-order valence-corrected chi connectivity index (χ0v) is 20.8. The van der Waals surface area contributed by atoms with Gasteiger partial charge in [-0.2, -0.15) is 10.4 Å². The summed E-state index contributed by atoms with van der Waals surface area (Å²) in [5, 5.41) is 14.8. The molecule has 2 aliphatic heterocycles. The number of nitriles is 1. The van der Waals surface area contributed by atoms with Crippen LogP contribution in [0, 0.1) is 11.3 Å². The highest BCUT2D eigenvalue weighted by atomic mass is 16.8. The number of nitrogens with zero attached hydrogens (tertiary/aromatic N) is 6. The fraction of sp³-hybridized carbons (Fsp3) is 0.400. The van der Waals surface area contributed by atoms with Crippen LogP contribution < -0.4 is 4.74 Å². The Balaban J connectivity index is 1.45. The minimum atomic E-state index is -1.61. The standard InChI is InChI=1S/C25H26N6O6/c1-24(2)36-20-18(12-33-23(32)34-16-8-6-5-7-9-16)35-25(13-26,21(20)37-24)19-11-10-17-22(28-15-30(3)4)27-14-29-31(17)19/h5-11,14-15,18,20-21H,12H2,1-4H3/t18-,20-,21-,25+/m1/s1. The Morgan fingerprint density at radius 3 is 2.73 bits per heavy atom. The van der Waals surface area contributed by atoms with Crippen molar-refractivity contribution in [3.8, 4) is 11.8 Å². The number of ether oxygens (including phenoxy) is 5. The lowest BCUT2D eigenvalue weighted by Crippen LogP contribution is -2.40. The van der Waals surface area contributed by atoms with E-state index in [2.05, 4.69) is 21.1 Å². The van der Waals surface area contributed by atoms with Gasteiger partial charge in [-0.1, -0.05) is 18.2 Å². The maximum atomic E-state index is 12.3. The third-order valence-corrected chi connectivity index (χ3v) is 5.93. The fourth-order valence-electron chi connectivity index (χ4n) is 4.47. The number of carbonyl (C=O) groups excluding carboxylic acids is 1. The lowest BCUT2D eigenvalue weighted by molar-refractivity contribution is -0.204. The smallest absolute Gasteiger partial charge is 0.431 e. The highest BCUT2D eigenvalue weighted by molar-refractivity contribution is 5.71. The van der Waals surface area contributed by atoms with E-state index in [-0.39, 0.29) is 6.61 Å². The Labute approximate surface area is 213 Å². The van der Waals surface area contributed by atoms with Gasteiger partial charge < -0.3 is 28.6 Å². The lowest BCUT2D eigenvalue weighted by Gasteiger charge is -2.28. The minimum absolute atomic E-state index is 0.216. The molecular weight excluding hydrogens is 480 g/mol. The molecule has 37 heavy (non-hydrogen) atoms. The van der Waals surface area contributed by atoms with Gasteiger partial charge in [-0.15, -0.1) is 0 Å². The van der Waals surface area contributed by atoms with E-state index in [1.807, 2.05) is 14.1 Å². The van der Waals surface area contributed by atoms with Gasteiger partial charge in [0.15, 0.2) is 11.6 Å². The molecule has 1 aromatic carbocycles. The number of carbonyl (C=O) groups is 1. The van der Waals surface area contributed by atoms with Crippen molar-refractivity contribution < 1.29 is 28.5 Å². The molecule has 2 aliphatic rings. The largest absolute Gasteiger partial charge is 0.513 e. The molecule has 4 heterocycles.